The summed E-state index contributed by atoms with van der Waals surface area (Å²) in [5, 5.41) is 10.2. The zero-order chi connectivity index (χ0) is 17.6. The first-order chi connectivity index (χ1) is 12.1. The van der Waals surface area contributed by atoms with Crippen LogP contribution in [0.25, 0.3) is 0 Å². The lowest BCUT2D eigenvalue weighted by Crippen LogP contribution is -2.41. The van der Waals surface area contributed by atoms with Crippen molar-refractivity contribution in [3.63, 3.8) is 0 Å². The van der Waals surface area contributed by atoms with Crippen LogP contribution in [-0.4, -0.2) is 19.1 Å². The maximum absolute atomic E-state index is 9.71. The molecule has 1 saturated heterocycles. The number of hydrogen-bond acceptors (Lipinski definition) is 7. The number of nitrogens with zero attached hydrogens (tertiary/aromatic N) is 1. The Bertz CT molecular complexity index is 776. The van der Waals surface area contributed by atoms with Crippen LogP contribution in [0.1, 0.15) is 31.2 Å². The van der Waals surface area contributed by atoms with Gasteiger partial charge in [-0.1, -0.05) is 24.9 Å². The van der Waals surface area contributed by atoms with Gasteiger partial charge in [-0.15, -0.1) is 0 Å². The summed E-state index contributed by atoms with van der Waals surface area (Å²) in [6.45, 7) is 2.29. The molecule has 4 N–H and O–H groups in total. The number of allylic oxidation sites excluding steroid dienone is 1. The molecule has 8 heteroatoms. The number of ether oxygens (including phenoxy) is 3. The van der Waals surface area contributed by atoms with E-state index in [4.69, 9.17) is 31.5 Å². The lowest BCUT2D eigenvalue weighted by molar-refractivity contribution is 0.0337. The van der Waals surface area contributed by atoms with Crippen LogP contribution in [0.5, 0.6) is 11.5 Å². The minimum Gasteiger partial charge on any atom is -0.458 e. The van der Waals surface area contributed by atoms with Gasteiger partial charge in [-0.3, -0.25) is 5.43 Å². The van der Waals surface area contributed by atoms with Gasteiger partial charge in [0.05, 0.1) is 5.57 Å². The van der Waals surface area contributed by atoms with Gasteiger partial charge in [-0.05, 0) is 18.1 Å². The molecule has 3 aliphatic rings. The van der Waals surface area contributed by atoms with Crippen molar-refractivity contribution >= 4 is 11.6 Å². The van der Waals surface area contributed by atoms with Gasteiger partial charge < -0.3 is 19.9 Å². The fourth-order valence-corrected chi connectivity index (χ4v) is 4.16. The minimum absolute atomic E-state index is 0.0141. The van der Waals surface area contributed by atoms with E-state index in [0.717, 1.165) is 18.4 Å². The zero-order valence-corrected chi connectivity index (χ0v) is 14.5. The topological polar surface area (TPSA) is 102 Å². The normalized spacial score (nSPS) is 30.0. The number of rotatable bonds is 3. The number of benzene rings is 1. The highest BCUT2D eigenvalue weighted by atomic mass is 35.5. The number of hydrogen-bond donors (Lipinski definition) is 3. The second-order valence-corrected chi connectivity index (χ2v) is 6.80. The van der Waals surface area contributed by atoms with Crippen molar-refractivity contribution in [3.8, 4) is 17.6 Å². The highest BCUT2D eigenvalue weighted by molar-refractivity contribution is 6.31. The first-order valence-electron chi connectivity index (χ1n) is 8.30. The van der Waals surface area contributed by atoms with Gasteiger partial charge in [0.1, 0.15) is 6.07 Å². The van der Waals surface area contributed by atoms with Gasteiger partial charge in [0, 0.05) is 29.0 Å². The van der Waals surface area contributed by atoms with Crippen LogP contribution in [0.2, 0.25) is 5.02 Å². The molecule has 25 heavy (non-hydrogen) atoms. The van der Waals surface area contributed by atoms with Crippen LogP contribution in [-0.2, 0) is 4.74 Å². The van der Waals surface area contributed by atoms with E-state index >= 15 is 0 Å². The summed E-state index contributed by atoms with van der Waals surface area (Å²) < 4.78 is 16.6. The van der Waals surface area contributed by atoms with E-state index < -0.39 is 0 Å². The summed E-state index contributed by atoms with van der Waals surface area (Å²) in [7, 11) is 0. The largest absolute Gasteiger partial charge is 0.458 e. The van der Waals surface area contributed by atoms with E-state index in [-0.39, 0.29) is 36.8 Å². The molecule has 0 amide bonds. The summed E-state index contributed by atoms with van der Waals surface area (Å²) in [5.74, 6) is 1.07. The SMILES string of the molecule is CCCC1NNC2OC(N)=C(C#N)C(c3cc4c(cc3Cl)OCO4)C12. The van der Waals surface area contributed by atoms with E-state index in [2.05, 4.69) is 23.8 Å². The highest BCUT2D eigenvalue weighted by Gasteiger charge is 2.49. The maximum Gasteiger partial charge on any atom is 0.231 e. The monoisotopic (exact) mass is 362 g/mol. The Hall–Kier alpha value is -2.14. The van der Waals surface area contributed by atoms with Gasteiger partial charge in [0.2, 0.25) is 12.7 Å². The van der Waals surface area contributed by atoms with E-state index in [1.807, 2.05) is 6.07 Å². The quantitative estimate of drug-likeness (QED) is 0.756. The van der Waals surface area contributed by atoms with Crippen LogP contribution in [0.15, 0.2) is 23.6 Å². The summed E-state index contributed by atoms with van der Waals surface area (Å²) in [5.41, 5.74) is 13.6. The summed E-state index contributed by atoms with van der Waals surface area (Å²) >= 11 is 6.54. The fourth-order valence-electron chi connectivity index (χ4n) is 3.89. The molecule has 0 aromatic heterocycles. The average Bonchev–Trinajstić information content (AvgIpc) is 3.20. The third-order valence-electron chi connectivity index (χ3n) is 4.99. The first-order valence-corrected chi connectivity index (χ1v) is 8.68. The van der Waals surface area contributed by atoms with Gasteiger partial charge in [-0.2, -0.15) is 5.26 Å². The minimum atomic E-state index is -0.319. The predicted molar refractivity (Wildman–Crippen MR) is 90.5 cm³/mol. The second-order valence-electron chi connectivity index (χ2n) is 6.39. The molecule has 0 spiro atoms. The molecule has 0 aliphatic carbocycles. The van der Waals surface area contributed by atoms with Crippen molar-refractivity contribution in [2.45, 2.75) is 38.0 Å². The van der Waals surface area contributed by atoms with E-state index in [1.165, 1.54) is 0 Å². The molecule has 0 radical (unpaired) electrons. The predicted octanol–water partition coefficient (Wildman–Crippen LogP) is 2.10. The van der Waals surface area contributed by atoms with Crippen molar-refractivity contribution in [2.75, 3.05) is 6.79 Å². The molecule has 0 saturated carbocycles. The number of fused-ring (bicyclic) bond motifs is 2. The summed E-state index contributed by atoms with van der Waals surface area (Å²) in [6.07, 6.45) is 1.63. The third-order valence-corrected chi connectivity index (χ3v) is 5.31. The van der Waals surface area contributed by atoms with Gasteiger partial charge in [0.25, 0.3) is 0 Å². The lowest BCUT2D eigenvalue weighted by Gasteiger charge is -2.36. The Morgan fingerprint density at radius 2 is 2.08 bits per heavy atom. The Morgan fingerprint density at radius 1 is 1.32 bits per heavy atom. The molecule has 1 aromatic carbocycles. The molecule has 7 nitrogen and oxygen atoms in total. The highest BCUT2D eigenvalue weighted by Crippen LogP contribution is 2.48. The van der Waals surface area contributed by atoms with E-state index in [1.54, 1.807) is 6.07 Å². The third kappa shape index (κ3) is 2.58. The van der Waals surface area contributed by atoms with Crippen molar-refractivity contribution in [1.29, 1.82) is 5.26 Å². The van der Waals surface area contributed by atoms with Crippen molar-refractivity contribution in [3.05, 3.63) is 34.2 Å². The number of halogens is 1. The van der Waals surface area contributed by atoms with Gasteiger partial charge >= 0.3 is 0 Å². The molecule has 1 aromatic rings. The lowest BCUT2D eigenvalue weighted by atomic mass is 9.74. The number of nitriles is 1. The molecule has 1 fully saturated rings. The first kappa shape index (κ1) is 16.3. The average molecular weight is 363 g/mol. The van der Waals surface area contributed by atoms with Crippen molar-refractivity contribution < 1.29 is 14.2 Å². The van der Waals surface area contributed by atoms with Gasteiger partial charge in [0.15, 0.2) is 17.7 Å². The van der Waals surface area contributed by atoms with Crippen LogP contribution < -0.4 is 26.1 Å². The van der Waals surface area contributed by atoms with Gasteiger partial charge in [-0.25, -0.2) is 5.43 Å². The molecular weight excluding hydrogens is 344 g/mol. The van der Waals surface area contributed by atoms with E-state index in [0.29, 0.717) is 22.1 Å². The van der Waals surface area contributed by atoms with Crippen molar-refractivity contribution in [1.82, 2.24) is 10.9 Å². The van der Waals surface area contributed by atoms with Crippen LogP contribution in [0.3, 0.4) is 0 Å². The molecule has 4 atom stereocenters. The van der Waals surface area contributed by atoms with Crippen molar-refractivity contribution in [2.24, 2.45) is 11.7 Å². The standard InChI is InChI=1S/C17H19ClN4O3/c1-2-3-11-15-14(9(6-19)16(20)25-17(15)22-21-11)8-4-12-13(5-10(8)18)24-7-23-12/h4-5,11,14-15,17,21-22H,2-3,7,20H2,1H3. The molecule has 4 unspecified atom stereocenters. The van der Waals surface area contributed by atoms with Crippen LogP contribution >= 0.6 is 11.6 Å². The number of nitrogens with one attached hydrogen (secondary N) is 2. The Balaban J connectivity index is 1.83. The summed E-state index contributed by atoms with van der Waals surface area (Å²) in [6, 6.07) is 5.94. The Labute approximate surface area is 150 Å². The Morgan fingerprint density at radius 3 is 2.80 bits per heavy atom. The molecule has 0 bridgehead atoms. The molecule has 3 heterocycles. The fraction of sp³-hybridized carbons (Fsp3) is 0.471. The van der Waals surface area contributed by atoms with Crippen LogP contribution in [0.4, 0.5) is 0 Å². The Kier molecular flexibility index (Phi) is 4.12. The second kappa shape index (κ2) is 6.30. The maximum atomic E-state index is 9.71. The zero-order valence-electron chi connectivity index (χ0n) is 13.7. The molecule has 132 valence electrons. The van der Waals surface area contributed by atoms with Crippen LogP contribution in [0, 0.1) is 17.2 Å². The number of nitrogens with two attached hydrogens (primary N) is 1. The summed E-state index contributed by atoms with van der Waals surface area (Å²) in [4.78, 5) is 0. The number of hydrazine groups is 1. The van der Waals surface area contributed by atoms with E-state index in [9.17, 15) is 5.26 Å². The molecular formula is C17H19ClN4O3. The molecule has 3 aliphatic heterocycles. The smallest absolute Gasteiger partial charge is 0.231 e. The molecule has 4 rings (SSSR count).